The van der Waals surface area contributed by atoms with Crippen molar-refractivity contribution in [2.24, 2.45) is 5.84 Å². The lowest BCUT2D eigenvalue weighted by molar-refractivity contribution is 0.267. The molecule has 1 aromatic carbocycles. The van der Waals surface area contributed by atoms with Crippen molar-refractivity contribution in [3.05, 3.63) is 108 Å². The van der Waals surface area contributed by atoms with Crippen LogP contribution in [0.5, 0.6) is 0 Å². The van der Waals surface area contributed by atoms with E-state index in [1.807, 2.05) is 67.8 Å². The van der Waals surface area contributed by atoms with Crippen molar-refractivity contribution < 1.29 is 0 Å². The average Bonchev–Trinajstić information content (AvgIpc) is 2.76. The summed E-state index contributed by atoms with van der Waals surface area (Å²) in [5, 5.41) is 2.99. The van der Waals surface area contributed by atoms with Crippen LogP contribution in [0.15, 0.2) is 91.0 Å². The minimum absolute atomic E-state index is 0.671. The Labute approximate surface area is 173 Å². The summed E-state index contributed by atoms with van der Waals surface area (Å²) >= 11 is 0. The van der Waals surface area contributed by atoms with E-state index < -0.39 is 0 Å². The fraction of sp³-hybridized carbons (Fsp3) is 0.217. The second kappa shape index (κ2) is 13.0. The molecular formula is C23H30N6. The Balaban J connectivity index is 0.000000360. The van der Waals surface area contributed by atoms with Gasteiger partial charge in [-0.15, -0.1) is 0 Å². The maximum Gasteiger partial charge on any atom is 0.0556 e. The van der Waals surface area contributed by atoms with Crippen molar-refractivity contribution in [1.29, 1.82) is 0 Å². The first kappa shape index (κ1) is 22.1. The summed E-state index contributed by atoms with van der Waals surface area (Å²) in [5.41, 5.74) is 6.97. The first-order valence-corrected chi connectivity index (χ1v) is 9.58. The molecule has 152 valence electrons. The van der Waals surface area contributed by atoms with Gasteiger partial charge < -0.3 is 10.7 Å². The van der Waals surface area contributed by atoms with Crippen LogP contribution in [-0.2, 0) is 13.1 Å². The molecule has 0 spiro atoms. The molecule has 2 aromatic heterocycles. The molecular weight excluding hydrogens is 360 g/mol. The van der Waals surface area contributed by atoms with E-state index in [0.29, 0.717) is 6.54 Å². The van der Waals surface area contributed by atoms with Crippen LogP contribution in [-0.4, -0.2) is 28.5 Å². The molecule has 6 nitrogen and oxygen atoms in total. The van der Waals surface area contributed by atoms with Gasteiger partial charge in [0.2, 0.25) is 0 Å². The molecule has 0 aliphatic rings. The molecule has 4 N–H and O–H groups in total. The van der Waals surface area contributed by atoms with Crippen LogP contribution in [0.1, 0.15) is 17.0 Å². The van der Waals surface area contributed by atoms with E-state index in [1.165, 1.54) is 5.56 Å². The molecule has 0 aliphatic carbocycles. The maximum atomic E-state index is 5.58. The molecule has 0 unspecified atom stereocenters. The Kier molecular flexibility index (Phi) is 9.93. The number of nitrogens with one attached hydrogen (secondary N) is 2. The van der Waals surface area contributed by atoms with E-state index in [0.717, 1.165) is 30.2 Å². The van der Waals surface area contributed by atoms with Crippen LogP contribution >= 0.6 is 0 Å². The van der Waals surface area contributed by atoms with Crippen LogP contribution in [0.2, 0.25) is 0 Å². The lowest BCUT2D eigenvalue weighted by Gasteiger charge is -2.23. The zero-order valence-electron chi connectivity index (χ0n) is 17.1. The lowest BCUT2D eigenvalue weighted by atomic mass is 10.2. The number of hydrogen-bond donors (Lipinski definition) is 3. The average molecular weight is 391 g/mol. The Morgan fingerprint density at radius 3 is 1.83 bits per heavy atom. The lowest BCUT2D eigenvalue weighted by Crippen LogP contribution is -2.34. The van der Waals surface area contributed by atoms with E-state index in [1.54, 1.807) is 12.4 Å². The molecule has 0 aliphatic heterocycles. The van der Waals surface area contributed by atoms with Crippen molar-refractivity contribution in [1.82, 2.24) is 25.6 Å². The molecule has 0 saturated carbocycles. The zero-order valence-corrected chi connectivity index (χ0v) is 17.1. The van der Waals surface area contributed by atoms with Gasteiger partial charge in [0, 0.05) is 45.3 Å². The third-order valence-electron chi connectivity index (χ3n) is 4.06. The second-order valence-corrected chi connectivity index (χ2v) is 6.54. The highest BCUT2D eigenvalue weighted by atomic mass is 15.3. The van der Waals surface area contributed by atoms with Crippen molar-refractivity contribution in [2.45, 2.75) is 20.0 Å². The van der Waals surface area contributed by atoms with Gasteiger partial charge in [-0.25, -0.2) is 0 Å². The standard InChI is InChI=1S/C16H22N6.C7H8/c1-18-10-16(21-17)13-22(11-14-6-2-4-8-19-14)12-15-7-3-5-9-20-15;1-7-5-3-2-4-6-7/h2-10,18,21H,11-13,17H2,1H3;2-6H,1H3/b16-10-;. The van der Waals surface area contributed by atoms with Crippen molar-refractivity contribution in [2.75, 3.05) is 13.6 Å². The highest BCUT2D eigenvalue weighted by Crippen LogP contribution is 2.08. The van der Waals surface area contributed by atoms with Gasteiger partial charge in [0.25, 0.3) is 0 Å². The highest BCUT2D eigenvalue weighted by Gasteiger charge is 2.10. The van der Waals surface area contributed by atoms with Gasteiger partial charge in [-0.3, -0.25) is 20.7 Å². The fourth-order valence-electron chi connectivity index (χ4n) is 2.69. The van der Waals surface area contributed by atoms with Gasteiger partial charge in [-0.1, -0.05) is 48.0 Å². The highest BCUT2D eigenvalue weighted by molar-refractivity contribution is 5.12. The molecule has 0 fully saturated rings. The molecule has 0 saturated heterocycles. The van der Waals surface area contributed by atoms with Crippen LogP contribution in [0.25, 0.3) is 0 Å². The number of nitrogens with two attached hydrogens (primary N) is 1. The minimum Gasteiger partial charge on any atom is -0.393 e. The topological polar surface area (TPSA) is 79.1 Å². The van der Waals surface area contributed by atoms with Crippen molar-refractivity contribution in [3.8, 4) is 0 Å². The summed E-state index contributed by atoms with van der Waals surface area (Å²) < 4.78 is 0. The molecule has 0 bridgehead atoms. The van der Waals surface area contributed by atoms with Gasteiger partial charge in [0.15, 0.2) is 0 Å². The summed E-state index contributed by atoms with van der Waals surface area (Å²) in [5.74, 6) is 5.58. The molecule has 0 amide bonds. The van der Waals surface area contributed by atoms with E-state index >= 15 is 0 Å². The van der Waals surface area contributed by atoms with Gasteiger partial charge in [-0.2, -0.15) is 0 Å². The summed E-state index contributed by atoms with van der Waals surface area (Å²) in [4.78, 5) is 11.0. The maximum absolute atomic E-state index is 5.58. The first-order valence-electron chi connectivity index (χ1n) is 9.58. The summed E-state index contributed by atoms with van der Waals surface area (Å²) in [6.07, 6.45) is 5.46. The van der Waals surface area contributed by atoms with Crippen LogP contribution < -0.4 is 16.6 Å². The Hall–Kier alpha value is -3.22. The number of nitrogens with zero attached hydrogens (tertiary/aromatic N) is 3. The number of hydrazine groups is 1. The normalized spacial score (nSPS) is 10.8. The molecule has 2 heterocycles. The number of benzene rings is 1. The van der Waals surface area contributed by atoms with Crippen molar-refractivity contribution in [3.63, 3.8) is 0 Å². The number of aromatic nitrogens is 2. The molecule has 3 aromatic rings. The van der Waals surface area contributed by atoms with Crippen LogP contribution in [0.4, 0.5) is 0 Å². The zero-order chi connectivity index (χ0) is 20.7. The molecule has 3 rings (SSSR count). The molecule has 6 heteroatoms. The Morgan fingerprint density at radius 1 is 0.897 bits per heavy atom. The number of pyridine rings is 2. The van der Waals surface area contributed by atoms with Gasteiger partial charge in [-0.05, 0) is 31.2 Å². The number of aryl methyl sites for hydroxylation is 1. The van der Waals surface area contributed by atoms with Crippen LogP contribution in [0, 0.1) is 6.92 Å². The predicted molar refractivity (Wildman–Crippen MR) is 118 cm³/mol. The molecule has 0 radical (unpaired) electrons. The fourth-order valence-corrected chi connectivity index (χ4v) is 2.69. The second-order valence-electron chi connectivity index (χ2n) is 6.54. The minimum atomic E-state index is 0.671. The summed E-state index contributed by atoms with van der Waals surface area (Å²) in [6, 6.07) is 22.1. The number of rotatable bonds is 8. The quantitative estimate of drug-likeness (QED) is 0.405. The van der Waals surface area contributed by atoms with Gasteiger partial charge in [0.05, 0.1) is 17.1 Å². The summed E-state index contributed by atoms with van der Waals surface area (Å²) in [6.45, 7) is 4.20. The predicted octanol–water partition coefficient (Wildman–Crippen LogP) is 3.00. The van der Waals surface area contributed by atoms with Crippen molar-refractivity contribution >= 4 is 0 Å². The van der Waals surface area contributed by atoms with E-state index in [-0.39, 0.29) is 0 Å². The molecule has 0 atom stereocenters. The number of hydrogen-bond acceptors (Lipinski definition) is 6. The Bertz CT molecular complexity index is 780. The first-order chi connectivity index (χ1) is 14.2. The largest absolute Gasteiger partial charge is 0.393 e. The molecule has 29 heavy (non-hydrogen) atoms. The van der Waals surface area contributed by atoms with Gasteiger partial charge in [0.1, 0.15) is 0 Å². The Morgan fingerprint density at radius 2 is 1.45 bits per heavy atom. The smallest absolute Gasteiger partial charge is 0.0556 e. The SMILES string of the molecule is CN/C=C(/CN(Cc1ccccn1)Cc1ccccn1)NN.Cc1ccccc1. The third-order valence-corrected chi connectivity index (χ3v) is 4.06. The van der Waals surface area contributed by atoms with Crippen LogP contribution in [0.3, 0.4) is 0 Å². The van der Waals surface area contributed by atoms with E-state index in [2.05, 4.69) is 44.7 Å². The van der Waals surface area contributed by atoms with E-state index in [9.17, 15) is 0 Å². The monoisotopic (exact) mass is 390 g/mol. The van der Waals surface area contributed by atoms with Gasteiger partial charge >= 0.3 is 0 Å². The summed E-state index contributed by atoms with van der Waals surface area (Å²) in [7, 11) is 1.85. The third kappa shape index (κ3) is 9.01. The van der Waals surface area contributed by atoms with E-state index in [4.69, 9.17) is 5.84 Å².